The van der Waals surface area contributed by atoms with Gasteiger partial charge < -0.3 is 25.8 Å². The number of aliphatic hydroxyl groups excluding tert-OH is 3. The number of ether oxygens (including phenoxy) is 1. The highest BCUT2D eigenvalue weighted by molar-refractivity contribution is 7.99. The third-order valence-corrected chi connectivity index (χ3v) is 5.18. The Labute approximate surface area is 152 Å². The average molecular weight is 375 g/mol. The summed E-state index contributed by atoms with van der Waals surface area (Å²) in [5.74, 6) is 0.204. The first-order chi connectivity index (χ1) is 12.6. The molecule has 0 saturated carbocycles. The highest BCUT2D eigenvalue weighted by Gasteiger charge is 2.45. The summed E-state index contributed by atoms with van der Waals surface area (Å²) in [7, 11) is 0. The maximum absolute atomic E-state index is 10.4. The highest BCUT2D eigenvalue weighted by Crippen LogP contribution is 2.38. The van der Waals surface area contributed by atoms with Crippen LogP contribution in [0.4, 0.5) is 5.82 Å². The number of rotatable bonds is 4. The summed E-state index contributed by atoms with van der Waals surface area (Å²) in [5, 5.41) is 30.4. The molecule has 10 heteroatoms. The molecule has 0 unspecified atom stereocenters. The first-order valence-electron chi connectivity index (χ1n) is 7.94. The van der Waals surface area contributed by atoms with Crippen LogP contribution in [0.25, 0.3) is 11.2 Å². The number of aliphatic hydroxyl groups is 3. The number of fused-ring (bicyclic) bond motifs is 1. The van der Waals surface area contributed by atoms with Gasteiger partial charge in [-0.25, -0.2) is 15.0 Å². The lowest BCUT2D eigenvalue weighted by molar-refractivity contribution is -0.0548. The molecule has 9 nitrogen and oxygen atoms in total. The van der Waals surface area contributed by atoms with Crippen LogP contribution in [0.3, 0.4) is 0 Å². The molecular weight excluding hydrogens is 358 g/mol. The first-order valence-corrected chi connectivity index (χ1v) is 8.75. The minimum Gasteiger partial charge on any atom is -0.394 e. The van der Waals surface area contributed by atoms with Crippen LogP contribution in [0, 0.1) is 0 Å². The van der Waals surface area contributed by atoms with E-state index in [1.165, 1.54) is 18.1 Å². The van der Waals surface area contributed by atoms with Gasteiger partial charge >= 0.3 is 0 Å². The van der Waals surface area contributed by atoms with Crippen LogP contribution in [-0.2, 0) is 4.74 Å². The van der Waals surface area contributed by atoms with Gasteiger partial charge in [-0.3, -0.25) is 4.57 Å². The van der Waals surface area contributed by atoms with E-state index in [2.05, 4.69) is 15.0 Å². The smallest absolute Gasteiger partial charge is 0.177 e. The first kappa shape index (κ1) is 17.2. The Morgan fingerprint density at radius 2 is 1.92 bits per heavy atom. The molecule has 0 amide bonds. The lowest BCUT2D eigenvalue weighted by Gasteiger charge is -2.19. The molecule has 4 atom stereocenters. The van der Waals surface area contributed by atoms with Crippen LogP contribution >= 0.6 is 11.8 Å². The van der Waals surface area contributed by atoms with Crippen molar-refractivity contribution < 1.29 is 20.1 Å². The van der Waals surface area contributed by atoms with Gasteiger partial charge in [0, 0.05) is 4.90 Å². The van der Waals surface area contributed by atoms with Crippen LogP contribution in [-0.4, -0.2) is 59.8 Å². The molecule has 1 aliphatic rings. The summed E-state index contributed by atoms with van der Waals surface area (Å²) >= 11 is 1.34. The van der Waals surface area contributed by atoms with Gasteiger partial charge in [0.2, 0.25) is 0 Å². The third kappa shape index (κ3) is 2.81. The van der Waals surface area contributed by atoms with Crippen molar-refractivity contribution in [3.8, 4) is 0 Å². The van der Waals surface area contributed by atoms with Crippen LogP contribution in [0.2, 0.25) is 0 Å². The van der Waals surface area contributed by atoms with Crippen molar-refractivity contribution in [2.45, 2.75) is 34.6 Å². The number of nitrogens with two attached hydrogens (primary N) is 1. The van der Waals surface area contributed by atoms with E-state index < -0.39 is 31.1 Å². The van der Waals surface area contributed by atoms with Crippen molar-refractivity contribution >= 4 is 28.7 Å². The Morgan fingerprint density at radius 3 is 2.62 bits per heavy atom. The number of aromatic nitrogens is 4. The largest absolute Gasteiger partial charge is 0.394 e. The highest BCUT2D eigenvalue weighted by atomic mass is 32.2. The Bertz CT molecular complexity index is 922. The zero-order valence-electron chi connectivity index (χ0n) is 13.5. The molecule has 1 fully saturated rings. The fraction of sp³-hybridized carbons (Fsp3) is 0.312. The second-order valence-corrected chi connectivity index (χ2v) is 6.88. The molecule has 2 aromatic heterocycles. The molecular formula is C16H17N5O4S. The molecule has 26 heavy (non-hydrogen) atoms. The van der Waals surface area contributed by atoms with E-state index in [0.29, 0.717) is 16.3 Å². The van der Waals surface area contributed by atoms with Crippen molar-refractivity contribution in [2.24, 2.45) is 0 Å². The summed E-state index contributed by atoms with van der Waals surface area (Å²) in [6.07, 6.45) is -3.05. The standard InChI is InChI=1S/C16H17N5O4S/c17-13-10-14(19-7-18-13)21(15-12(24)11(23)9(6-22)25-15)16(20-10)26-8-4-2-1-3-5-8/h1-5,7,9,11-12,15,22-24H,6H2,(H2,17,18,19)/t9-,11-,12-,15-/m1/s1. The zero-order chi connectivity index (χ0) is 18.3. The fourth-order valence-corrected chi connectivity index (χ4v) is 3.82. The number of nitrogen functional groups attached to an aromatic ring is 1. The maximum Gasteiger partial charge on any atom is 0.177 e. The minimum absolute atomic E-state index is 0.204. The fourth-order valence-electron chi connectivity index (χ4n) is 2.89. The number of anilines is 1. The van der Waals surface area contributed by atoms with Crippen molar-refractivity contribution in [2.75, 3.05) is 12.3 Å². The van der Waals surface area contributed by atoms with Gasteiger partial charge in [-0.1, -0.05) is 30.0 Å². The molecule has 3 heterocycles. The van der Waals surface area contributed by atoms with E-state index in [4.69, 9.17) is 10.5 Å². The summed E-state index contributed by atoms with van der Waals surface area (Å²) in [5.41, 5.74) is 6.68. The van der Waals surface area contributed by atoms with Gasteiger partial charge in [0.25, 0.3) is 0 Å². The Hall–Kier alpha value is -2.24. The lowest BCUT2D eigenvalue weighted by atomic mass is 10.1. The second-order valence-electron chi connectivity index (χ2n) is 5.84. The minimum atomic E-state index is -1.25. The van der Waals surface area contributed by atoms with Gasteiger partial charge in [-0.15, -0.1) is 0 Å². The van der Waals surface area contributed by atoms with Crippen molar-refractivity contribution in [3.05, 3.63) is 36.7 Å². The Morgan fingerprint density at radius 1 is 1.15 bits per heavy atom. The summed E-state index contributed by atoms with van der Waals surface area (Å²) in [6, 6.07) is 9.54. The van der Waals surface area contributed by atoms with Crippen LogP contribution < -0.4 is 5.73 Å². The molecule has 0 aliphatic carbocycles. The molecule has 5 N–H and O–H groups in total. The molecule has 0 bridgehead atoms. The van der Waals surface area contributed by atoms with E-state index in [9.17, 15) is 15.3 Å². The van der Waals surface area contributed by atoms with E-state index in [0.717, 1.165) is 4.90 Å². The monoisotopic (exact) mass is 375 g/mol. The summed E-state index contributed by atoms with van der Waals surface area (Å²) in [6.45, 7) is -0.417. The van der Waals surface area contributed by atoms with Crippen molar-refractivity contribution in [1.82, 2.24) is 19.5 Å². The van der Waals surface area contributed by atoms with Gasteiger partial charge in [0.15, 0.2) is 28.4 Å². The topological polar surface area (TPSA) is 140 Å². The molecule has 4 rings (SSSR count). The van der Waals surface area contributed by atoms with E-state index >= 15 is 0 Å². The Balaban J connectivity index is 1.84. The molecule has 0 radical (unpaired) electrons. The molecule has 136 valence electrons. The zero-order valence-corrected chi connectivity index (χ0v) is 14.3. The van der Waals surface area contributed by atoms with Crippen molar-refractivity contribution in [3.63, 3.8) is 0 Å². The summed E-state index contributed by atoms with van der Waals surface area (Å²) in [4.78, 5) is 13.6. The molecule has 1 aromatic carbocycles. The number of hydrogen-bond donors (Lipinski definition) is 4. The van der Waals surface area contributed by atoms with E-state index in [-0.39, 0.29) is 5.82 Å². The van der Waals surface area contributed by atoms with Crippen LogP contribution in [0.1, 0.15) is 6.23 Å². The van der Waals surface area contributed by atoms with Crippen molar-refractivity contribution in [1.29, 1.82) is 0 Å². The number of benzene rings is 1. The SMILES string of the molecule is Nc1ncnc2c1nc(Sc1ccccc1)n2[C@@H]1O[C@H](CO)[C@@H](O)[C@H]1O. The van der Waals surface area contributed by atoms with Crippen LogP contribution in [0.5, 0.6) is 0 Å². The van der Waals surface area contributed by atoms with E-state index in [1.807, 2.05) is 30.3 Å². The Kier molecular flexibility index (Phi) is 4.51. The lowest BCUT2D eigenvalue weighted by Crippen LogP contribution is -2.33. The van der Waals surface area contributed by atoms with Crippen LogP contribution in [0.15, 0.2) is 46.7 Å². The molecule has 0 spiro atoms. The summed E-state index contributed by atoms with van der Waals surface area (Å²) < 4.78 is 7.24. The predicted molar refractivity (Wildman–Crippen MR) is 93.3 cm³/mol. The third-order valence-electron chi connectivity index (χ3n) is 4.20. The van der Waals surface area contributed by atoms with Gasteiger partial charge in [-0.05, 0) is 12.1 Å². The quantitative estimate of drug-likeness (QED) is 0.502. The number of imidazole rings is 1. The maximum atomic E-state index is 10.4. The predicted octanol–water partition coefficient (Wildman–Crippen LogP) is 0.171. The number of nitrogens with zero attached hydrogens (tertiary/aromatic N) is 4. The molecule has 1 aliphatic heterocycles. The van der Waals surface area contributed by atoms with E-state index in [1.54, 1.807) is 4.57 Å². The van der Waals surface area contributed by atoms with Gasteiger partial charge in [0.1, 0.15) is 24.6 Å². The molecule has 1 saturated heterocycles. The van der Waals surface area contributed by atoms with Gasteiger partial charge in [-0.2, -0.15) is 0 Å². The normalized spacial score (nSPS) is 25.8. The molecule has 3 aromatic rings. The van der Waals surface area contributed by atoms with Gasteiger partial charge in [0.05, 0.1) is 6.61 Å². The number of hydrogen-bond acceptors (Lipinski definition) is 9. The second kappa shape index (κ2) is 6.82. The average Bonchev–Trinajstić information content (AvgIpc) is 3.15.